The lowest BCUT2D eigenvalue weighted by Crippen LogP contribution is -2.47. The monoisotopic (exact) mass is 447 g/mol. The molecule has 2 atom stereocenters. The molecule has 1 aromatic heterocycles. The Hall–Kier alpha value is -3.08. The molecule has 0 aliphatic carbocycles. The third-order valence-corrected chi connectivity index (χ3v) is 4.46. The number of carboxylic acid groups (broad SMARTS) is 1. The normalized spacial score (nSPS) is 19.1. The number of ether oxygens (including phenoxy) is 2. The highest BCUT2D eigenvalue weighted by Crippen LogP contribution is 2.35. The van der Waals surface area contributed by atoms with Gasteiger partial charge in [0.25, 0.3) is 0 Å². The number of amides is 2. The summed E-state index contributed by atoms with van der Waals surface area (Å²) in [6.45, 7) is 0. The lowest BCUT2D eigenvalue weighted by molar-refractivity contribution is -0.262. The topological polar surface area (TPSA) is 91.8 Å². The van der Waals surface area contributed by atoms with E-state index in [-0.39, 0.29) is 17.1 Å². The summed E-state index contributed by atoms with van der Waals surface area (Å²) in [5.74, 6) is -0.562. The minimum absolute atomic E-state index is 0.154. The van der Waals surface area contributed by atoms with E-state index in [0.29, 0.717) is 10.5 Å². The molecule has 2 unspecified atom stereocenters. The maximum absolute atomic E-state index is 13.2. The van der Waals surface area contributed by atoms with Crippen LogP contribution in [0, 0.1) is 0 Å². The highest BCUT2D eigenvalue weighted by Gasteiger charge is 2.45. The minimum atomic E-state index is -4.71. The second-order valence-corrected chi connectivity index (χ2v) is 6.63. The van der Waals surface area contributed by atoms with Crippen molar-refractivity contribution in [3.63, 3.8) is 0 Å². The van der Waals surface area contributed by atoms with Crippen molar-refractivity contribution >= 4 is 23.8 Å². The maximum Gasteiger partial charge on any atom is 0.461 e. The standard InChI is InChI=1S/C18H13ClF4N2O5/c19-13-5-4-10(8-24-13)14-12(25(16(26)27)17(28)29-14)7-9-2-1-3-11(6-9)30-18(22,23)15(20)21/h1-6,8,12,14-15H,7H2,(H,26,27)/p-1. The predicted octanol–water partition coefficient (Wildman–Crippen LogP) is 3.42. The van der Waals surface area contributed by atoms with Crippen LogP contribution in [-0.4, -0.2) is 40.6 Å². The number of pyridine rings is 1. The lowest BCUT2D eigenvalue weighted by Gasteiger charge is -2.25. The molecule has 1 fully saturated rings. The summed E-state index contributed by atoms with van der Waals surface area (Å²) in [6, 6.07) is 6.48. The number of benzene rings is 1. The van der Waals surface area contributed by atoms with Gasteiger partial charge in [-0.1, -0.05) is 29.8 Å². The molecule has 0 spiro atoms. The number of halogens is 5. The Labute approximate surface area is 171 Å². The zero-order chi connectivity index (χ0) is 22.1. The van der Waals surface area contributed by atoms with Crippen LogP contribution >= 0.6 is 11.6 Å². The molecule has 1 aliphatic heterocycles. The van der Waals surface area contributed by atoms with Gasteiger partial charge in [0.15, 0.2) is 6.10 Å². The van der Waals surface area contributed by atoms with Gasteiger partial charge < -0.3 is 19.4 Å². The van der Waals surface area contributed by atoms with Gasteiger partial charge >= 0.3 is 18.6 Å². The van der Waals surface area contributed by atoms with Crippen molar-refractivity contribution in [2.75, 3.05) is 0 Å². The van der Waals surface area contributed by atoms with Crippen molar-refractivity contribution in [1.29, 1.82) is 0 Å². The average molecular weight is 448 g/mol. The Morgan fingerprint density at radius 2 is 2.07 bits per heavy atom. The lowest BCUT2D eigenvalue weighted by atomic mass is 9.96. The first-order valence-corrected chi connectivity index (χ1v) is 8.72. The highest BCUT2D eigenvalue weighted by atomic mass is 35.5. The van der Waals surface area contributed by atoms with Crippen LogP contribution in [0.25, 0.3) is 0 Å². The van der Waals surface area contributed by atoms with E-state index in [1.54, 1.807) is 0 Å². The summed E-state index contributed by atoms with van der Waals surface area (Å²) in [4.78, 5) is 27.7. The first kappa shape index (κ1) is 21.6. The van der Waals surface area contributed by atoms with Crippen LogP contribution in [0.4, 0.5) is 27.2 Å². The second-order valence-electron chi connectivity index (χ2n) is 6.24. The molecule has 12 heteroatoms. The van der Waals surface area contributed by atoms with Crippen LogP contribution in [0.1, 0.15) is 17.2 Å². The number of cyclic esters (lactones) is 1. The number of hydrogen-bond acceptors (Lipinski definition) is 6. The summed E-state index contributed by atoms with van der Waals surface area (Å²) in [5.41, 5.74) is 0.553. The summed E-state index contributed by atoms with van der Waals surface area (Å²) < 4.78 is 60.2. The predicted molar refractivity (Wildman–Crippen MR) is 91.2 cm³/mol. The molecule has 0 saturated carbocycles. The van der Waals surface area contributed by atoms with Gasteiger partial charge in [-0.25, -0.2) is 9.78 Å². The van der Waals surface area contributed by atoms with Gasteiger partial charge in [-0.3, -0.25) is 4.90 Å². The molecule has 1 aliphatic rings. The van der Waals surface area contributed by atoms with Crippen molar-refractivity contribution in [2.24, 2.45) is 0 Å². The quantitative estimate of drug-likeness (QED) is 0.498. The van der Waals surface area contributed by atoms with Gasteiger partial charge in [-0.05, 0) is 30.2 Å². The average Bonchev–Trinajstić information content (AvgIpc) is 2.98. The summed E-state index contributed by atoms with van der Waals surface area (Å²) in [7, 11) is 0. The zero-order valence-electron chi connectivity index (χ0n) is 14.8. The first-order valence-electron chi connectivity index (χ1n) is 8.34. The fourth-order valence-corrected chi connectivity index (χ4v) is 3.06. The van der Waals surface area contributed by atoms with Gasteiger partial charge in [0, 0.05) is 11.8 Å². The Morgan fingerprint density at radius 1 is 1.33 bits per heavy atom. The smallest absolute Gasteiger partial charge is 0.461 e. The van der Waals surface area contributed by atoms with Crippen LogP contribution in [0.5, 0.6) is 5.75 Å². The van der Waals surface area contributed by atoms with E-state index in [9.17, 15) is 32.3 Å². The van der Waals surface area contributed by atoms with Gasteiger partial charge in [0.2, 0.25) is 0 Å². The second kappa shape index (κ2) is 8.34. The minimum Gasteiger partial charge on any atom is -0.529 e. The summed E-state index contributed by atoms with van der Waals surface area (Å²) in [5, 5.41) is 11.6. The van der Waals surface area contributed by atoms with Gasteiger partial charge in [-0.15, -0.1) is 0 Å². The van der Waals surface area contributed by atoms with Gasteiger partial charge in [-0.2, -0.15) is 17.6 Å². The SMILES string of the molecule is O=C([O-])N1C(=O)OC(c2ccc(Cl)nc2)C1Cc1cccc(OC(F)(F)C(F)F)c1. The number of imide groups is 1. The Balaban J connectivity index is 1.89. The molecule has 160 valence electrons. The first-order chi connectivity index (χ1) is 14.1. The van der Waals surface area contributed by atoms with Crippen LogP contribution in [0.15, 0.2) is 42.6 Å². The van der Waals surface area contributed by atoms with E-state index in [1.165, 1.54) is 30.5 Å². The van der Waals surface area contributed by atoms with Crippen LogP contribution in [-0.2, 0) is 11.2 Å². The molecule has 3 rings (SSSR count). The van der Waals surface area contributed by atoms with E-state index in [0.717, 1.165) is 12.1 Å². The zero-order valence-corrected chi connectivity index (χ0v) is 15.6. The third kappa shape index (κ3) is 4.56. The molecule has 0 radical (unpaired) electrons. The Morgan fingerprint density at radius 3 is 2.67 bits per heavy atom. The molecule has 1 saturated heterocycles. The summed E-state index contributed by atoms with van der Waals surface area (Å²) >= 11 is 5.72. The van der Waals surface area contributed by atoms with E-state index in [2.05, 4.69) is 9.72 Å². The molecule has 2 aromatic rings. The fourth-order valence-electron chi connectivity index (χ4n) is 2.95. The molecule has 7 nitrogen and oxygen atoms in total. The highest BCUT2D eigenvalue weighted by molar-refractivity contribution is 6.29. The Kier molecular flexibility index (Phi) is 6.01. The fraction of sp³-hybridized carbons (Fsp3) is 0.278. The summed E-state index contributed by atoms with van der Waals surface area (Å²) in [6.07, 6.45) is -11.8. The largest absolute Gasteiger partial charge is 0.529 e. The third-order valence-electron chi connectivity index (χ3n) is 4.23. The number of alkyl halides is 4. The molecule has 1 aromatic carbocycles. The van der Waals surface area contributed by atoms with Crippen molar-refractivity contribution in [1.82, 2.24) is 9.88 Å². The number of carbonyl (C=O) groups is 2. The van der Waals surface area contributed by atoms with E-state index in [4.69, 9.17) is 16.3 Å². The molecule has 2 heterocycles. The van der Waals surface area contributed by atoms with Crippen molar-refractivity contribution in [2.45, 2.75) is 31.1 Å². The number of nitrogens with zero attached hydrogens (tertiary/aromatic N) is 2. The van der Waals surface area contributed by atoms with Crippen LogP contribution in [0.2, 0.25) is 5.15 Å². The van der Waals surface area contributed by atoms with E-state index < -0.39 is 42.6 Å². The molecule has 0 N–H and O–H groups in total. The maximum atomic E-state index is 13.2. The van der Waals surface area contributed by atoms with Gasteiger partial charge in [0.05, 0.1) is 6.04 Å². The van der Waals surface area contributed by atoms with Crippen molar-refractivity contribution in [3.05, 3.63) is 58.9 Å². The van der Waals surface area contributed by atoms with E-state index >= 15 is 0 Å². The van der Waals surface area contributed by atoms with Crippen molar-refractivity contribution < 1.29 is 41.7 Å². The number of aromatic nitrogens is 1. The molecular weight excluding hydrogens is 436 g/mol. The van der Waals surface area contributed by atoms with Crippen LogP contribution < -0.4 is 9.84 Å². The van der Waals surface area contributed by atoms with E-state index in [1.807, 2.05) is 0 Å². The molecule has 30 heavy (non-hydrogen) atoms. The molecule has 2 amide bonds. The van der Waals surface area contributed by atoms with Crippen LogP contribution in [0.3, 0.4) is 0 Å². The number of hydrogen-bond donors (Lipinski definition) is 0. The number of carbonyl (C=O) groups excluding carboxylic acids is 2. The van der Waals surface area contributed by atoms with Gasteiger partial charge in [0.1, 0.15) is 17.0 Å². The van der Waals surface area contributed by atoms with Crippen molar-refractivity contribution in [3.8, 4) is 5.75 Å². The Bertz CT molecular complexity index is 944. The molecular formula is C18H12ClF4N2O5-. The number of rotatable bonds is 6. The molecule has 0 bridgehead atoms.